The Balaban J connectivity index is 1.65. The van der Waals surface area contributed by atoms with Crippen LogP contribution in [0.1, 0.15) is 51.3 Å². The monoisotopic (exact) mass is 268 g/mol. The molecular weight excluding hydrogens is 248 g/mol. The molecule has 4 saturated carbocycles. The molecule has 4 nitrogen and oxygen atoms in total. The van der Waals surface area contributed by atoms with Gasteiger partial charge in [-0.15, -0.1) is 0 Å². The number of hydrogen-bond acceptors (Lipinski definition) is 3. The normalized spacial score (nSPS) is 42.5. The van der Waals surface area contributed by atoms with E-state index < -0.39 is 0 Å². The van der Waals surface area contributed by atoms with Gasteiger partial charge in [0.25, 0.3) is 0 Å². The molecule has 4 aliphatic carbocycles. The smallest absolute Gasteiger partial charge is 0.180 e. The molecule has 0 spiro atoms. The molecule has 2 aromatic heterocycles. The summed E-state index contributed by atoms with van der Waals surface area (Å²) in [6, 6.07) is 0. The number of aromatic amines is 1. The van der Waals surface area contributed by atoms with E-state index >= 15 is 0 Å². The maximum atomic E-state index is 4.83. The molecule has 0 saturated heterocycles. The second kappa shape index (κ2) is 3.41. The molecule has 1 N–H and O–H groups in total. The highest BCUT2D eigenvalue weighted by atomic mass is 15.0. The van der Waals surface area contributed by atoms with Crippen LogP contribution in [0.25, 0.3) is 11.2 Å². The summed E-state index contributed by atoms with van der Waals surface area (Å²) in [7, 11) is 0. The van der Waals surface area contributed by atoms with E-state index in [0.29, 0.717) is 10.8 Å². The van der Waals surface area contributed by atoms with Crippen molar-refractivity contribution < 1.29 is 0 Å². The number of imidazole rings is 1. The summed E-state index contributed by atoms with van der Waals surface area (Å²) >= 11 is 0. The molecule has 0 aromatic carbocycles. The number of hydrogen-bond donors (Lipinski definition) is 1. The molecule has 0 radical (unpaired) electrons. The summed E-state index contributed by atoms with van der Waals surface area (Å²) in [4.78, 5) is 16.8. The molecule has 104 valence electrons. The maximum absolute atomic E-state index is 4.83. The van der Waals surface area contributed by atoms with Crippen LogP contribution in [0, 0.1) is 17.3 Å². The number of aromatic nitrogens is 4. The Morgan fingerprint density at radius 2 is 2.00 bits per heavy atom. The van der Waals surface area contributed by atoms with Gasteiger partial charge in [-0.25, -0.2) is 15.0 Å². The van der Waals surface area contributed by atoms with Gasteiger partial charge in [0.1, 0.15) is 17.7 Å². The molecule has 4 bridgehead atoms. The SMILES string of the molecule is CC12CC3CC(C1)CC(c1nc4ncncc4[nH]1)(C3)C2. The predicted molar refractivity (Wildman–Crippen MR) is 76.2 cm³/mol. The molecule has 6 rings (SSSR count). The lowest BCUT2D eigenvalue weighted by Crippen LogP contribution is -2.53. The van der Waals surface area contributed by atoms with Crippen molar-refractivity contribution >= 4 is 11.2 Å². The van der Waals surface area contributed by atoms with Crippen LogP contribution < -0.4 is 0 Å². The van der Waals surface area contributed by atoms with Crippen molar-refractivity contribution in [2.45, 2.75) is 50.9 Å². The van der Waals surface area contributed by atoms with Crippen molar-refractivity contribution in [2.75, 3.05) is 0 Å². The van der Waals surface area contributed by atoms with E-state index in [1.54, 1.807) is 6.33 Å². The van der Waals surface area contributed by atoms with E-state index in [-0.39, 0.29) is 0 Å². The van der Waals surface area contributed by atoms with Gasteiger partial charge in [-0.1, -0.05) is 6.92 Å². The van der Waals surface area contributed by atoms with E-state index in [0.717, 1.165) is 23.0 Å². The van der Waals surface area contributed by atoms with Gasteiger partial charge in [0.2, 0.25) is 0 Å². The summed E-state index contributed by atoms with van der Waals surface area (Å²) in [6.07, 6.45) is 11.7. The average Bonchev–Trinajstić information content (AvgIpc) is 2.80. The first-order valence-corrected chi connectivity index (χ1v) is 7.80. The van der Waals surface area contributed by atoms with E-state index in [4.69, 9.17) is 4.98 Å². The van der Waals surface area contributed by atoms with Gasteiger partial charge >= 0.3 is 0 Å². The second-order valence-corrected chi connectivity index (χ2v) is 7.90. The van der Waals surface area contributed by atoms with Crippen LogP contribution >= 0.6 is 0 Å². The second-order valence-electron chi connectivity index (χ2n) is 7.90. The molecule has 20 heavy (non-hydrogen) atoms. The highest BCUT2D eigenvalue weighted by molar-refractivity contribution is 5.69. The Labute approximate surface area is 118 Å². The van der Waals surface area contributed by atoms with E-state index in [1.165, 1.54) is 44.3 Å². The molecule has 0 aliphatic heterocycles. The first kappa shape index (κ1) is 11.2. The zero-order valence-electron chi connectivity index (χ0n) is 11.9. The molecule has 4 fully saturated rings. The Morgan fingerprint density at radius 1 is 1.20 bits per heavy atom. The minimum Gasteiger partial charge on any atom is -0.339 e. The van der Waals surface area contributed by atoms with Gasteiger partial charge in [0.15, 0.2) is 5.65 Å². The summed E-state index contributed by atoms with van der Waals surface area (Å²) in [5, 5.41) is 0. The standard InChI is InChI=1S/C16H20N4/c1-15-3-10-2-11(4-15)6-16(5-10,8-15)14-19-12-7-17-9-18-13(12)20-14/h7,9-11H,2-6,8H2,1H3,(H,17,18,19,20). The minimum atomic E-state index is 0.291. The molecule has 2 unspecified atom stereocenters. The topological polar surface area (TPSA) is 54.5 Å². The van der Waals surface area contributed by atoms with Crippen molar-refractivity contribution in [3.63, 3.8) is 0 Å². The number of H-pyrrole nitrogens is 1. The van der Waals surface area contributed by atoms with Crippen molar-refractivity contribution in [1.29, 1.82) is 0 Å². The van der Waals surface area contributed by atoms with Gasteiger partial charge in [-0.05, 0) is 55.8 Å². The lowest BCUT2D eigenvalue weighted by molar-refractivity contribution is -0.0644. The lowest BCUT2D eigenvalue weighted by Gasteiger charge is -2.60. The average molecular weight is 268 g/mol. The van der Waals surface area contributed by atoms with E-state index in [2.05, 4.69) is 21.9 Å². The third kappa shape index (κ3) is 1.40. The molecule has 2 heterocycles. The van der Waals surface area contributed by atoms with E-state index in [9.17, 15) is 0 Å². The zero-order valence-corrected chi connectivity index (χ0v) is 11.9. The largest absolute Gasteiger partial charge is 0.339 e. The third-order valence-corrected chi connectivity index (χ3v) is 6.02. The van der Waals surface area contributed by atoms with Crippen molar-refractivity contribution in [2.24, 2.45) is 17.3 Å². The van der Waals surface area contributed by atoms with Crippen LogP contribution in [0.2, 0.25) is 0 Å². The number of fused-ring (bicyclic) bond motifs is 1. The van der Waals surface area contributed by atoms with Gasteiger partial charge in [-0.2, -0.15) is 0 Å². The number of rotatable bonds is 1. The summed E-state index contributed by atoms with van der Waals surface area (Å²) < 4.78 is 0. The molecule has 4 heteroatoms. The zero-order chi connectivity index (χ0) is 13.4. The Morgan fingerprint density at radius 3 is 2.70 bits per heavy atom. The predicted octanol–water partition coefficient (Wildman–Crippen LogP) is 3.21. The first-order valence-electron chi connectivity index (χ1n) is 7.80. The first-order chi connectivity index (χ1) is 9.64. The Bertz CT molecular complexity index is 642. The molecule has 4 aliphatic rings. The van der Waals surface area contributed by atoms with Crippen LogP contribution in [0.15, 0.2) is 12.5 Å². The van der Waals surface area contributed by atoms with Crippen LogP contribution in [-0.4, -0.2) is 19.9 Å². The highest BCUT2D eigenvalue weighted by Gasteiger charge is 2.57. The van der Waals surface area contributed by atoms with Crippen LogP contribution in [-0.2, 0) is 5.41 Å². The van der Waals surface area contributed by atoms with Gasteiger partial charge in [-0.3, -0.25) is 0 Å². The van der Waals surface area contributed by atoms with Crippen molar-refractivity contribution in [3.05, 3.63) is 18.3 Å². The minimum absolute atomic E-state index is 0.291. The fourth-order valence-corrected chi connectivity index (χ4v) is 6.01. The highest BCUT2D eigenvalue weighted by Crippen LogP contribution is 2.65. The van der Waals surface area contributed by atoms with E-state index in [1.807, 2.05) is 6.20 Å². The Hall–Kier alpha value is -1.45. The summed E-state index contributed by atoms with van der Waals surface area (Å²) in [5.74, 6) is 3.02. The lowest BCUT2D eigenvalue weighted by atomic mass is 9.44. The summed E-state index contributed by atoms with van der Waals surface area (Å²) in [5.41, 5.74) is 2.66. The molecule has 0 amide bonds. The van der Waals surface area contributed by atoms with Gasteiger partial charge in [0, 0.05) is 5.41 Å². The van der Waals surface area contributed by atoms with Gasteiger partial charge < -0.3 is 4.98 Å². The molecular formula is C16H20N4. The number of nitrogens with zero attached hydrogens (tertiary/aromatic N) is 3. The van der Waals surface area contributed by atoms with Crippen molar-refractivity contribution in [3.8, 4) is 0 Å². The fourth-order valence-electron chi connectivity index (χ4n) is 6.01. The quantitative estimate of drug-likeness (QED) is 0.864. The van der Waals surface area contributed by atoms with Crippen LogP contribution in [0.5, 0.6) is 0 Å². The number of nitrogens with one attached hydrogen (secondary N) is 1. The fraction of sp³-hybridized carbons (Fsp3) is 0.688. The maximum Gasteiger partial charge on any atom is 0.180 e. The Kier molecular flexibility index (Phi) is 1.92. The van der Waals surface area contributed by atoms with Crippen LogP contribution in [0.3, 0.4) is 0 Å². The third-order valence-electron chi connectivity index (χ3n) is 6.02. The summed E-state index contributed by atoms with van der Waals surface area (Å²) in [6.45, 7) is 2.50. The van der Waals surface area contributed by atoms with Gasteiger partial charge in [0.05, 0.1) is 6.20 Å². The molecule has 2 aromatic rings. The van der Waals surface area contributed by atoms with Crippen molar-refractivity contribution in [1.82, 2.24) is 19.9 Å². The molecule has 2 atom stereocenters. The van der Waals surface area contributed by atoms with Crippen LogP contribution in [0.4, 0.5) is 0 Å².